The van der Waals surface area contributed by atoms with Crippen LogP contribution in [0.2, 0.25) is 5.02 Å². The average molecular weight is 718 g/mol. The molecule has 0 amide bonds. The molecular weight excluding hydrogens is 655 g/mol. The molecule has 0 unspecified atom stereocenters. The lowest BCUT2D eigenvalue weighted by Crippen LogP contribution is -2.39. The summed E-state index contributed by atoms with van der Waals surface area (Å²) in [6, 6.07) is 13.4. The van der Waals surface area contributed by atoms with Crippen LogP contribution in [0.4, 0.5) is 4.39 Å². The second-order valence-electron chi connectivity index (χ2n) is 17.9. The minimum absolute atomic E-state index is 0.133. The molecule has 3 aromatic rings. The molecule has 2 aromatic heterocycles. The van der Waals surface area contributed by atoms with Crippen molar-refractivity contribution < 1.29 is 4.39 Å². The minimum atomic E-state index is -0.299. The Hall–Kier alpha value is -1.78. The average Bonchev–Trinajstić information content (AvgIpc) is 2.86. The van der Waals surface area contributed by atoms with Crippen molar-refractivity contribution in [3.05, 3.63) is 91.7 Å². The topological polar surface area (TPSA) is 25.8 Å². The van der Waals surface area contributed by atoms with E-state index in [0.717, 1.165) is 21.9 Å². The van der Waals surface area contributed by atoms with Crippen molar-refractivity contribution in [3.8, 4) is 0 Å². The van der Waals surface area contributed by atoms with E-state index in [1.165, 1.54) is 29.7 Å². The molecule has 4 rings (SSSR count). The molecule has 0 spiro atoms. The van der Waals surface area contributed by atoms with E-state index < -0.39 is 0 Å². The Morgan fingerprint density at radius 2 is 1.15 bits per heavy atom. The molecule has 0 bridgehead atoms. The van der Waals surface area contributed by atoms with E-state index in [1.807, 2.05) is 33.8 Å². The Balaban J connectivity index is 0.000000307. The Kier molecular flexibility index (Phi) is 14.8. The fourth-order valence-corrected chi connectivity index (χ4v) is 6.10. The molecule has 0 N–H and O–H groups in total. The lowest BCUT2D eigenvalue weighted by Gasteiger charge is -2.49. The predicted molar refractivity (Wildman–Crippen MR) is 204 cm³/mol. The lowest BCUT2D eigenvalue weighted by atomic mass is 9.56. The zero-order valence-electron chi connectivity index (χ0n) is 32.1. The van der Waals surface area contributed by atoms with Crippen LogP contribution in [-0.4, -0.2) is 9.97 Å². The Labute approximate surface area is 295 Å². The van der Waals surface area contributed by atoms with Gasteiger partial charge in [-0.3, -0.25) is 4.98 Å². The molecular formula is C41H63BrClFN2. The Bertz CT molecular complexity index is 1330. The molecule has 2 heterocycles. The van der Waals surface area contributed by atoms with E-state index in [4.69, 9.17) is 11.6 Å². The highest BCUT2D eigenvalue weighted by molar-refractivity contribution is 9.10. The van der Waals surface area contributed by atoms with Crippen molar-refractivity contribution in [1.29, 1.82) is 0 Å². The third-order valence-electron chi connectivity index (χ3n) is 8.30. The summed E-state index contributed by atoms with van der Waals surface area (Å²) in [6.45, 7) is 37.0. The molecule has 2 nitrogen and oxygen atoms in total. The van der Waals surface area contributed by atoms with E-state index >= 15 is 0 Å². The molecule has 0 radical (unpaired) electrons. The summed E-state index contributed by atoms with van der Waals surface area (Å²) in [4.78, 5) is 9.00. The largest absolute Gasteiger partial charge is 0.257 e. The fraction of sp³-hybridized carbons (Fsp3) is 0.610. The molecule has 0 atom stereocenters. The Morgan fingerprint density at radius 3 is 1.48 bits per heavy atom. The first kappa shape index (κ1) is 42.2. The summed E-state index contributed by atoms with van der Waals surface area (Å²) in [5, 5.41) is 0.197. The molecule has 0 saturated heterocycles. The second kappa shape index (κ2) is 16.1. The molecule has 258 valence electrons. The predicted octanol–water partition coefficient (Wildman–Crippen LogP) is 13.7. The van der Waals surface area contributed by atoms with Gasteiger partial charge in [-0.1, -0.05) is 133 Å². The second-order valence-corrected chi connectivity index (χ2v) is 19.1. The lowest BCUT2D eigenvalue weighted by molar-refractivity contribution is 0.0147. The maximum absolute atomic E-state index is 13.4. The monoisotopic (exact) mass is 716 g/mol. The SMILES string of the molecule is CC(C)(C)c1cccc(Cl)c1F.CC1(C)CC(C(C)(C)C)C1.Cc1ccc(Br)nc1C(C)(C)C.Cc1ccc(C)c(C(C)(C)C)n1. The number of aromatic nitrogens is 2. The number of aryl methyl sites for hydroxylation is 3. The summed E-state index contributed by atoms with van der Waals surface area (Å²) in [6.07, 6.45) is 2.85. The molecule has 5 heteroatoms. The molecule has 1 aliphatic carbocycles. The van der Waals surface area contributed by atoms with Gasteiger partial charge in [-0.05, 0) is 107 Å². The van der Waals surface area contributed by atoms with Crippen LogP contribution >= 0.6 is 27.5 Å². The third-order valence-corrected chi connectivity index (χ3v) is 9.04. The highest BCUT2D eigenvalue weighted by atomic mass is 79.9. The zero-order chi connectivity index (χ0) is 36.1. The Morgan fingerprint density at radius 1 is 0.696 bits per heavy atom. The van der Waals surface area contributed by atoms with Crippen molar-refractivity contribution in [3.63, 3.8) is 0 Å². The van der Waals surface area contributed by atoms with E-state index in [2.05, 4.69) is 134 Å². The zero-order valence-corrected chi connectivity index (χ0v) is 34.4. The van der Waals surface area contributed by atoms with Crippen molar-refractivity contribution in [2.24, 2.45) is 16.7 Å². The van der Waals surface area contributed by atoms with Crippen LogP contribution in [0.5, 0.6) is 0 Å². The number of hydrogen-bond acceptors (Lipinski definition) is 2. The number of halogens is 3. The first-order chi connectivity index (χ1) is 20.6. The molecule has 1 fully saturated rings. The smallest absolute Gasteiger partial charge is 0.145 e. The molecule has 1 aliphatic rings. The first-order valence-corrected chi connectivity index (χ1v) is 17.8. The summed E-state index contributed by atoms with van der Waals surface area (Å²) >= 11 is 9.02. The summed E-state index contributed by atoms with van der Waals surface area (Å²) in [5.41, 5.74) is 7.99. The van der Waals surface area contributed by atoms with Crippen molar-refractivity contribution in [2.45, 2.75) is 147 Å². The van der Waals surface area contributed by atoms with Gasteiger partial charge in [-0.15, -0.1) is 0 Å². The van der Waals surface area contributed by atoms with Gasteiger partial charge in [0, 0.05) is 27.9 Å². The summed E-state index contributed by atoms with van der Waals surface area (Å²) in [5.74, 6) is 0.675. The van der Waals surface area contributed by atoms with Gasteiger partial charge in [-0.25, -0.2) is 9.37 Å². The van der Waals surface area contributed by atoms with E-state index in [9.17, 15) is 4.39 Å². The van der Waals surface area contributed by atoms with Gasteiger partial charge in [0.15, 0.2) is 0 Å². The van der Waals surface area contributed by atoms with Gasteiger partial charge >= 0.3 is 0 Å². The number of hydrogen-bond donors (Lipinski definition) is 0. The highest BCUT2D eigenvalue weighted by Crippen LogP contribution is 2.52. The van der Waals surface area contributed by atoms with E-state index in [-0.39, 0.29) is 27.1 Å². The van der Waals surface area contributed by atoms with Gasteiger partial charge in [0.25, 0.3) is 0 Å². The van der Waals surface area contributed by atoms with Crippen LogP contribution in [0.25, 0.3) is 0 Å². The van der Waals surface area contributed by atoms with Crippen LogP contribution in [0.1, 0.15) is 144 Å². The van der Waals surface area contributed by atoms with E-state index in [1.54, 1.807) is 18.2 Å². The molecule has 0 aliphatic heterocycles. The summed E-state index contributed by atoms with van der Waals surface area (Å²) < 4.78 is 14.3. The third kappa shape index (κ3) is 13.8. The van der Waals surface area contributed by atoms with Gasteiger partial charge in [0.2, 0.25) is 0 Å². The van der Waals surface area contributed by atoms with Crippen molar-refractivity contribution in [2.75, 3.05) is 0 Å². The molecule has 1 saturated carbocycles. The van der Waals surface area contributed by atoms with Crippen molar-refractivity contribution in [1.82, 2.24) is 9.97 Å². The number of nitrogens with zero attached hydrogens (tertiary/aromatic N) is 2. The first-order valence-electron chi connectivity index (χ1n) is 16.6. The van der Waals surface area contributed by atoms with Crippen LogP contribution in [0.15, 0.2) is 47.1 Å². The van der Waals surface area contributed by atoms with Crippen LogP contribution in [-0.2, 0) is 16.2 Å². The highest BCUT2D eigenvalue weighted by Gasteiger charge is 2.41. The molecule has 46 heavy (non-hydrogen) atoms. The van der Waals surface area contributed by atoms with Crippen LogP contribution < -0.4 is 0 Å². The van der Waals surface area contributed by atoms with Crippen LogP contribution in [0, 0.1) is 43.3 Å². The van der Waals surface area contributed by atoms with E-state index in [0.29, 0.717) is 16.4 Å². The standard InChI is InChI=1S/C11H17N.C10H14BrN.C10H12ClF.C10H20/c1-8-6-7-9(2)12-10(8)11(3,4)5;1-7-5-6-8(11)12-9(7)10(2,3)4;1-10(2,3)7-5-4-6-8(11)9(7)12;1-9(2,3)8-6-10(4,5)7-8/h6-7H,1-5H3;5-6H,1-4H3;4-6H,1-3H3;8H,6-7H2,1-5H3. The van der Waals surface area contributed by atoms with Crippen molar-refractivity contribution >= 4 is 27.5 Å². The van der Waals surface area contributed by atoms with Gasteiger partial charge in [-0.2, -0.15) is 0 Å². The minimum Gasteiger partial charge on any atom is -0.257 e. The fourth-order valence-electron chi connectivity index (χ4n) is 5.62. The number of benzene rings is 1. The maximum Gasteiger partial charge on any atom is 0.145 e. The number of pyridine rings is 2. The van der Waals surface area contributed by atoms with Gasteiger partial charge < -0.3 is 0 Å². The quantitative estimate of drug-likeness (QED) is 0.216. The van der Waals surface area contributed by atoms with Gasteiger partial charge in [0.05, 0.1) is 5.02 Å². The summed E-state index contributed by atoms with van der Waals surface area (Å²) in [7, 11) is 0. The maximum atomic E-state index is 13.4. The van der Waals surface area contributed by atoms with Crippen LogP contribution in [0.3, 0.4) is 0 Å². The molecule has 1 aromatic carbocycles. The number of rotatable bonds is 0. The van der Waals surface area contributed by atoms with Gasteiger partial charge in [0.1, 0.15) is 10.4 Å². The normalized spacial score (nSPS) is 14.9.